The molecule has 0 saturated carbocycles. The summed E-state index contributed by atoms with van der Waals surface area (Å²) < 4.78 is 24.1. The number of rotatable bonds is 3. The van der Waals surface area contributed by atoms with Crippen molar-refractivity contribution in [1.82, 2.24) is 10.2 Å². The molecule has 0 aliphatic rings. The van der Waals surface area contributed by atoms with Gasteiger partial charge < -0.3 is 9.15 Å². The topological polar surface area (TPSA) is 48.2 Å². The van der Waals surface area contributed by atoms with Crippen LogP contribution in [0.5, 0.6) is 5.75 Å². The van der Waals surface area contributed by atoms with Gasteiger partial charge in [0.2, 0.25) is 11.8 Å². The molecule has 17 heavy (non-hydrogen) atoms. The standard InChI is InChI=1S/C12H13FN2O2/c1-7(2)16-11-5-9(4-10(13)6-11)12-15-14-8(3)17-12/h4-7H,1-3H3. The van der Waals surface area contributed by atoms with Crippen molar-refractivity contribution in [2.75, 3.05) is 0 Å². The zero-order valence-corrected chi connectivity index (χ0v) is 9.90. The molecule has 0 aliphatic carbocycles. The number of benzene rings is 1. The second kappa shape index (κ2) is 4.53. The van der Waals surface area contributed by atoms with E-state index in [0.717, 1.165) is 0 Å². The molecule has 0 aliphatic heterocycles. The van der Waals surface area contributed by atoms with Crippen LogP contribution in [0.15, 0.2) is 22.6 Å². The van der Waals surface area contributed by atoms with Crippen molar-refractivity contribution >= 4 is 0 Å². The Morgan fingerprint density at radius 3 is 2.59 bits per heavy atom. The lowest BCUT2D eigenvalue weighted by Gasteiger charge is -2.10. The molecule has 0 bridgehead atoms. The van der Waals surface area contributed by atoms with Gasteiger partial charge in [-0.15, -0.1) is 10.2 Å². The normalized spacial score (nSPS) is 10.9. The zero-order valence-electron chi connectivity index (χ0n) is 9.90. The van der Waals surface area contributed by atoms with Gasteiger partial charge in [0, 0.05) is 18.6 Å². The maximum Gasteiger partial charge on any atom is 0.247 e. The number of ether oxygens (including phenoxy) is 1. The second-order valence-electron chi connectivity index (χ2n) is 3.97. The fourth-order valence-electron chi connectivity index (χ4n) is 1.44. The lowest BCUT2D eigenvalue weighted by molar-refractivity contribution is 0.241. The summed E-state index contributed by atoms with van der Waals surface area (Å²) >= 11 is 0. The Bertz CT molecular complexity index is 523. The van der Waals surface area contributed by atoms with Crippen molar-refractivity contribution in [2.24, 2.45) is 0 Å². The molecule has 0 saturated heterocycles. The number of hydrogen-bond donors (Lipinski definition) is 0. The van der Waals surface area contributed by atoms with E-state index in [2.05, 4.69) is 10.2 Å². The predicted octanol–water partition coefficient (Wildman–Crippen LogP) is 2.97. The average Bonchev–Trinajstić information content (AvgIpc) is 2.62. The van der Waals surface area contributed by atoms with Gasteiger partial charge in [-0.3, -0.25) is 0 Å². The number of hydrogen-bond acceptors (Lipinski definition) is 4. The Morgan fingerprint density at radius 1 is 1.24 bits per heavy atom. The van der Waals surface area contributed by atoms with Crippen LogP contribution in [0.2, 0.25) is 0 Å². The summed E-state index contributed by atoms with van der Waals surface area (Å²) in [4.78, 5) is 0. The van der Waals surface area contributed by atoms with Gasteiger partial charge >= 0.3 is 0 Å². The van der Waals surface area contributed by atoms with E-state index in [1.54, 1.807) is 13.0 Å². The van der Waals surface area contributed by atoms with Crippen LogP contribution in [-0.4, -0.2) is 16.3 Å². The van der Waals surface area contributed by atoms with Crippen molar-refractivity contribution in [3.8, 4) is 17.2 Å². The minimum Gasteiger partial charge on any atom is -0.491 e. The Morgan fingerprint density at radius 2 is 2.00 bits per heavy atom. The van der Waals surface area contributed by atoms with Crippen LogP contribution in [0.4, 0.5) is 4.39 Å². The maximum atomic E-state index is 13.4. The van der Waals surface area contributed by atoms with E-state index in [0.29, 0.717) is 17.2 Å². The van der Waals surface area contributed by atoms with Gasteiger partial charge in [-0.2, -0.15) is 0 Å². The molecule has 4 nitrogen and oxygen atoms in total. The van der Waals surface area contributed by atoms with Gasteiger partial charge in [-0.05, 0) is 26.0 Å². The molecule has 2 rings (SSSR count). The average molecular weight is 236 g/mol. The maximum absolute atomic E-state index is 13.4. The SMILES string of the molecule is Cc1nnc(-c2cc(F)cc(OC(C)C)c2)o1. The monoisotopic (exact) mass is 236 g/mol. The number of aryl methyl sites for hydroxylation is 1. The largest absolute Gasteiger partial charge is 0.491 e. The first-order valence-corrected chi connectivity index (χ1v) is 5.32. The molecular weight excluding hydrogens is 223 g/mol. The van der Waals surface area contributed by atoms with Crippen molar-refractivity contribution in [2.45, 2.75) is 26.9 Å². The summed E-state index contributed by atoms with van der Waals surface area (Å²) in [6.45, 7) is 5.43. The van der Waals surface area contributed by atoms with Gasteiger partial charge in [0.05, 0.1) is 6.10 Å². The lowest BCUT2D eigenvalue weighted by atomic mass is 10.2. The van der Waals surface area contributed by atoms with Crippen LogP contribution >= 0.6 is 0 Å². The molecule has 5 heteroatoms. The summed E-state index contributed by atoms with van der Waals surface area (Å²) in [5, 5.41) is 7.54. The quantitative estimate of drug-likeness (QED) is 0.822. The Labute approximate surface area is 98.4 Å². The third kappa shape index (κ3) is 2.81. The van der Waals surface area contributed by atoms with Gasteiger partial charge in [0.1, 0.15) is 11.6 Å². The molecule has 1 heterocycles. The highest BCUT2D eigenvalue weighted by Crippen LogP contribution is 2.25. The lowest BCUT2D eigenvalue weighted by Crippen LogP contribution is -2.05. The van der Waals surface area contributed by atoms with Crippen molar-refractivity contribution < 1.29 is 13.5 Å². The zero-order chi connectivity index (χ0) is 12.4. The third-order valence-corrected chi connectivity index (χ3v) is 2.02. The third-order valence-electron chi connectivity index (χ3n) is 2.02. The molecule has 2 aromatic rings. The highest BCUT2D eigenvalue weighted by molar-refractivity contribution is 5.55. The number of halogens is 1. The van der Waals surface area contributed by atoms with Crippen LogP contribution in [0, 0.1) is 12.7 Å². The van der Waals surface area contributed by atoms with Crippen LogP contribution in [0.3, 0.4) is 0 Å². The molecule has 0 amide bonds. The van der Waals surface area contributed by atoms with E-state index in [9.17, 15) is 4.39 Å². The Balaban J connectivity index is 2.37. The Hall–Kier alpha value is -1.91. The molecule has 0 fully saturated rings. The van der Waals surface area contributed by atoms with Crippen molar-refractivity contribution in [3.05, 3.63) is 29.9 Å². The molecule has 0 radical (unpaired) electrons. The van der Waals surface area contributed by atoms with E-state index < -0.39 is 5.82 Å². The molecule has 0 atom stereocenters. The summed E-state index contributed by atoms with van der Waals surface area (Å²) in [6.07, 6.45) is -0.0194. The highest BCUT2D eigenvalue weighted by Gasteiger charge is 2.10. The van der Waals surface area contributed by atoms with E-state index >= 15 is 0 Å². The first-order chi connectivity index (χ1) is 8.04. The first kappa shape index (κ1) is 11.6. The molecule has 90 valence electrons. The van der Waals surface area contributed by atoms with Crippen molar-refractivity contribution in [1.29, 1.82) is 0 Å². The number of aromatic nitrogens is 2. The molecule has 0 N–H and O–H groups in total. The van der Waals surface area contributed by atoms with E-state index in [1.165, 1.54) is 12.1 Å². The second-order valence-corrected chi connectivity index (χ2v) is 3.97. The number of nitrogens with zero attached hydrogens (tertiary/aromatic N) is 2. The van der Waals surface area contributed by atoms with Gasteiger partial charge in [-0.25, -0.2) is 4.39 Å². The summed E-state index contributed by atoms with van der Waals surface area (Å²) in [7, 11) is 0. The minimum absolute atomic E-state index is 0.0194. The first-order valence-electron chi connectivity index (χ1n) is 5.32. The fraction of sp³-hybridized carbons (Fsp3) is 0.333. The van der Waals surface area contributed by atoms with Crippen LogP contribution < -0.4 is 4.74 Å². The molecule has 1 aromatic heterocycles. The smallest absolute Gasteiger partial charge is 0.247 e. The van der Waals surface area contributed by atoms with Gasteiger partial charge in [0.15, 0.2) is 0 Å². The highest BCUT2D eigenvalue weighted by atomic mass is 19.1. The van der Waals surface area contributed by atoms with E-state index in [-0.39, 0.29) is 12.0 Å². The van der Waals surface area contributed by atoms with E-state index in [4.69, 9.17) is 9.15 Å². The molecule has 0 unspecified atom stereocenters. The summed E-state index contributed by atoms with van der Waals surface area (Å²) in [5.74, 6) is 0.783. The van der Waals surface area contributed by atoms with Crippen LogP contribution in [0.25, 0.3) is 11.5 Å². The van der Waals surface area contributed by atoms with Gasteiger partial charge in [-0.1, -0.05) is 0 Å². The van der Waals surface area contributed by atoms with E-state index in [1.807, 2.05) is 13.8 Å². The summed E-state index contributed by atoms with van der Waals surface area (Å²) in [6, 6.07) is 4.34. The summed E-state index contributed by atoms with van der Waals surface area (Å²) in [5.41, 5.74) is 0.515. The minimum atomic E-state index is -0.394. The predicted molar refractivity (Wildman–Crippen MR) is 60.2 cm³/mol. The molecule has 0 spiro atoms. The Kier molecular flexibility index (Phi) is 3.08. The van der Waals surface area contributed by atoms with Gasteiger partial charge in [0.25, 0.3) is 0 Å². The molecular formula is C12H13FN2O2. The van der Waals surface area contributed by atoms with Crippen LogP contribution in [0.1, 0.15) is 19.7 Å². The van der Waals surface area contributed by atoms with Crippen molar-refractivity contribution in [3.63, 3.8) is 0 Å². The molecule has 1 aromatic carbocycles. The van der Waals surface area contributed by atoms with Crippen LogP contribution in [-0.2, 0) is 0 Å². The fourth-order valence-corrected chi connectivity index (χ4v) is 1.44.